The van der Waals surface area contributed by atoms with Crippen LogP contribution in [0.3, 0.4) is 0 Å². The Morgan fingerprint density at radius 2 is 1.74 bits per heavy atom. The number of hydrogen-bond donors (Lipinski definition) is 2. The number of hydrogen-bond acceptors (Lipinski definition) is 2. The number of carbonyl (C=O) groups excluding carboxylic acids is 1. The Balaban J connectivity index is 2.92. The van der Waals surface area contributed by atoms with Crippen molar-refractivity contribution in [3.8, 4) is 0 Å². The number of carboxylic acid groups (broad SMARTS) is 1. The molecule has 5 heteroatoms. The van der Waals surface area contributed by atoms with Crippen LogP contribution < -0.4 is 5.32 Å². The van der Waals surface area contributed by atoms with Gasteiger partial charge in [-0.25, -0.2) is 4.79 Å². The average Bonchev–Trinajstić information content (AvgIpc) is 2.37. The molecular formula is C14H20N2O3. The van der Waals surface area contributed by atoms with Crippen LogP contribution in [-0.2, 0) is 17.6 Å². The minimum absolute atomic E-state index is 0.318. The molecule has 0 saturated heterocycles. The maximum absolute atomic E-state index is 11.9. The van der Waals surface area contributed by atoms with Crippen LogP contribution in [-0.4, -0.2) is 35.6 Å². The first-order valence-electron chi connectivity index (χ1n) is 6.34. The lowest BCUT2D eigenvalue weighted by molar-refractivity contribution is -0.137. The highest BCUT2D eigenvalue weighted by molar-refractivity contribution is 5.92. The van der Waals surface area contributed by atoms with Crippen LogP contribution in [0, 0.1) is 0 Å². The summed E-state index contributed by atoms with van der Waals surface area (Å²) in [4.78, 5) is 23.7. The van der Waals surface area contributed by atoms with E-state index in [1.807, 2.05) is 32.0 Å². The second-order valence-corrected chi connectivity index (χ2v) is 4.34. The predicted octanol–water partition coefficient (Wildman–Crippen LogP) is 2.36. The van der Waals surface area contributed by atoms with Gasteiger partial charge in [-0.1, -0.05) is 32.0 Å². The van der Waals surface area contributed by atoms with Gasteiger partial charge >= 0.3 is 12.0 Å². The quantitative estimate of drug-likeness (QED) is 0.857. The molecule has 1 rings (SSSR count). The highest BCUT2D eigenvalue weighted by Crippen LogP contribution is 2.22. The first kappa shape index (κ1) is 15.0. The third kappa shape index (κ3) is 3.98. The number of carboxylic acids is 1. The number of aryl methyl sites for hydroxylation is 2. The van der Waals surface area contributed by atoms with Crippen LogP contribution in [0.1, 0.15) is 25.0 Å². The molecule has 0 unspecified atom stereocenters. The topological polar surface area (TPSA) is 69.6 Å². The van der Waals surface area contributed by atoms with Gasteiger partial charge in [-0.05, 0) is 24.0 Å². The van der Waals surface area contributed by atoms with Crippen LogP contribution in [0.4, 0.5) is 10.5 Å². The highest BCUT2D eigenvalue weighted by Gasteiger charge is 2.15. The number of urea groups is 1. The van der Waals surface area contributed by atoms with Gasteiger partial charge in [0, 0.05) is 12.7 Å². The fraction of sp³-hybridized carbons (Fsp3) is 0.429. The van der Waals surface area contributed by atoms with Crippen LogP contribution in [0.15, 0.2) is 18.2 Å². The summed E-state index contributed by atoms with van der Waals surface area (Å²) in [5.41, 5.74) is 2.91. The molecule has 0 aliphatic rings. The number of para-hydroxylation sites is 1. The first-order chi connectivity index (χ1) is 8.99. The molecule has 0 spiro atoms. The molecule has 0 atom stereocenters. The van der Waals surface area contributed by atoms with Gasteiger partial charge in [-0.2, -0.15) is 0 Å². The summed E-state index contributed by atoms with van der Waals surface area (Å²) in [7, 11) is 1.46. The van der Waals surface area contributed by atoms with E-state index in [1.165, 1.54) is 7.05 Å². The molecule has 0 aromatic heterocycles. The molecule has 2 N–H and O–H groups in total. The van der Waals surface area contributed by atoms with Crippen LogP contribution >= 0.6 is 0 Å². The molecule has 0 aliphatic carbocycles. The lowest BCUT2D eigenvalue weighted by atomic mass is 10.0. The third-order valence-corrected chi connectivity index (χ3v) is 2.95. The minimum atomic E-state index is -1.03. The van der Waals surface area contributed by atoms with E-state index >= 15 is 0 Å². The molecule has 0 bridgehead atoms. The van der Waals surface area contributed by atoms with Gasteiger partial charge in [0.1, 0.15) is 6.54 Å². The monoisotopic (exact) mass is 264 g/mol. The van der Waals surface area contributed by atoms with E-state index in [9.17, 15) is 9.59 Å². The number of carbonyl (C=O) groups is 2. The summed E-state index contributed by atoms with van der Waals surface area (Å²) in [6.45, 7) is 3.72. The lowest BCUT2D eigenvalue weighted by Crippen LogP contribution is -2.35. The van der Waals surface area contributed by atoms with Gasteiger partial charge in [-0.3, -0.25) is 4.79 Å². The van der Waals surface area contributed by atoms with E-state index in [1.54, 1.807) is 0 Å². The highest BCUT2D eigenvalue weighted by atomic mass is 16.4. The molecular weight excluding hydrogens is 244 g/mol. The summed E-state index contributed by atoms with van der Waals surface area (Å²) in [6.07, 6.45) is 1.62. The Morgan fingerprint density at radius 3 is 2.16 bits per heavy atom. The summed E-state index contributed by atoms with van der Waals surface area (Å²) in [5.74, 6) is -1.03. The second-order valence-electron chi connectivity index (χ2n) is 4.34. The zero-order valence-corrected chi connectivity index (χ0v) is 11.6. The smallest absolute Gasteiger partial charge is 0.323 e. The number of benzene rings is 1. The fourth-order valence-electron chi connectivity index (χ4n) is 1.88. The molecule has 1 aromatic rings. The number of amides is 2. The third-order valence-electron chi connectivity index (χ3n) is 2.95. The molecule has 19 heavy (non-hydrogen) atoms. The Bertz CT molecular complexity index is 450. The molecule has 104 valence electrons. The van der Waals surface area contributed by atoms with Gasteiger partial charge in [0.05, 0.1) is 0 Å². The van der Waals surface area contributed by atoms with E-state index in [0.717, 1.165) is 34.6 Å². The van der Waals surface area contributed by atoms with E-state index < -0.39 is 12.0 Å². The zero-order valence-electron chi connectivity index (χ0n) is 11.6. The van der Waals surface area contributed by atoms with Crippen molar-refractivity contribution in [3.63, 3.8) is 0 Å². The van der Waals surface area contributed by atoms with Crippen LogP contribution in [0.2, 0.25) is 0 Å². The number of aliphatic carboxylic acids is 1. The van der Waals surface area contributed by atoms with Gasteiger partial charge in [-0.15, -0.1) is 0 Å². The van der Waals surface area contributed by atoms with Crippen LogP contribution in [0.5, 0.6) is 0 Å². The fourth-order valence-corrected chi connectivity index (χ4v) is 1.88. The largest absolute Gasteiger partial charge is 0.480 e. The van der Waals surface area contributed by atoms with E-state index in [2.05, 4.69) is 5.32 Å². The first-order valence-corrected chi connectivity index (χ1v) is 6.34. The van der Waals surface area contributed by atoms with Crippen molar-refractivity contribution >= 4 is 17.7 Å². The molecule has 0 radical (unpaired) electrons. The van der Waals surface area contributed by atoms with Crippen molar-refractivity contribution < 1.29 is 14.7 Å². The summed E-state index contributed by atoms with van der Waals surface area (Å²) in [5, 5.41) is 11.5. The number of nitrogens with zero attached hydrogens (tertiary/aromatic N) is 1. The summed E-state index contributed by atoms with van der Waals surface area (Å²) in [6, 6.07) is 5.49. The summed E-state index contributed by atoms with van der Waals surface area (Å²) >= 11 is 0. The molecule has 0 saturated carbocycles. The normalized spacial score (nSPS) is 10.1. The Hall–Kier alpha value is -2.04. The Kier molecular flexibility index (Phi) is 5.36. The number of likely N-dealkylation sites (N-methyl/N-ethyl adjacent to an activating group) is 1. The van der Waals surface area contributed by atoms with Crippen molar-refractivity contribution in [2.24, 2.45) is 0 Å². The Labute approximate surface area is 113 Å². The number of anilines is 1. The van der Waals surface area contributed by atoms with E-state index in [0.29, 0.717) is 0 Å². The minimum Gasteiger partial charge on any atom is -0.480 e. The number of rotatable bonds is 5. The predicted molar refractivity (Wildman–Crippen MR) is 74.5 cm³/mol. The van der Waals surface area contributed by atoms with Gasteiger partial charge < -0.3 is 15.3 Å². The van der Waals surface area contributed by atoms with Crippen molar-refractivity contribution in [2.45, 2.75) is 26.7 Å². The SMILES string of the molecule is CCc1cccc(CC)c1NC(=O)N(C)CC(=O)O. The van der Waals surface area contributed by atoms with Crippen molar-refractivity contribution in [3.05, 3.63) is 29.3 Å². The zero-order chi connectivity index (χ0) is 14.4. The maximum Gasteiger partial charge on any atom is 0.323 e. The maximum atomic E-state index is 11.9. The van der Waals surface area contributed by atoms with Crippen molar-refractivity contribution in [2.75, 3.05) is 18.9 Å². The standard InChI is InChI=1S/C14H20N2O3/c1-4-10-7-6-8-11(5-2)13(10)15-14(19)16(3)9-12(17)18/h6-8H,4-5,9H2,1-3H3,(H,15,19)(H,17,18). The van der Waals surface area contributed by atoms with Crippen molar-refractivity contribution in [1.82, 2.24) is 4.90 Å². The molecule has 0 heterocycles. The molecule has 0 fully saturated rings. The molecule has 0 aliphatic heterocycles. The number of nitrogens with one attached hydrogen (secondary N) is 1. The average molecular weight is 264 g/mol. The second kappa shape index (κ2) is 6.78. The van der Waals surface area contributed by atoms with Crippen molar-refractivity contribution in [1.29, 1.82) is 0 Å². The summed E-state index contributed by atoms with van der Waals surface area (Å²) < 4.78 is 0. The lowest BCUT2D eigenvalue weighted by Gasteiger charge is -2.19. The Morgan fingerprint density at radius 1 is 1.21 bits per heavy atom. The van der Waals surface area contributed by atoms with Gasteiger partial charge in [0.25, 0.3) is 0 Å². The van der Waals surface area contributed by atoms with Gasteiger partial charge in [0.15, 0.2) is 0 Å². The van der Waals surface area contributed by atoms with E-state index in [4.69, 9.17) is 5.11 Å². The van der Waals surface area contributed by atoms with E-state index in [-0.39, 0.29) is 6.54 Å². The van der Waals surface area contributed by atoms with Gasteiger partial charge in [0.2, 0.25) is 0 Å². The molecule has 1 aromatic carbocycles. The van der Waals surface area contributed by atoms with Crippen LogP contribution in [0.25, 0.3) is 0 Å². The molecule has 5 nitrogen and oxygen atoms in total. The molecule has 2 amide bonds.